The van der Waals surface area contributed by atoms with Gasteiger partial charge in [0.25, 0.3) is 0 Å². The Kier molecular flexibility index (Phi) is 5.16. The van der Waals surface area contributed by atoms with E-state index >= 15 is 0 Å². The van der Waals surface area contributed by atoms with Crippen LogP contribution in [0.1, 0.15) is 18.1 Å². The second-order valence-corrected chi connectivity index (χ2v) is 5.54. The first kappa shape index (κ1) is 15.0. The van der Waals surface area contributed by atoms with Gasteiger partial charge in [-0.25, -0.2) is 4.79 Å². The predicted octanol–water partition coefficient (Wildman–Crippen LogP) is 3.34. The first-order valence-corrected chi connectivity index (χ1v) is 6.57. The summed E-state index contributed by atoms with van der Waals surface area (Å²) >= 11 is 8.93. The lowest BCUT2D eigenvalue weighted by atomic mass is 10.1. The SMILES string of the molecule is Cc1cc(Br)cc(C)c1NC(=O)NC(=O)C(C)Cl. The number of nitrogens with one attached hydrogen (secondary N) is 2. The highest BCUT2D eigenvalue weighted by molar-refractivity contribution is 9.10. The third-order valence-electron chi connectivity index (χ3n) is 2.33. The number of amides is 3. The molecule has 1 aromatic carbocycles. The molecule has 6 heteroatoms. The van der Waals surface area contributed by atoms with Crippen molar-refractivity contribution in [1.29, 1.82) is 0 Å². The molecule has 3 amide bonds. The summed E-state index contributed by atoms with van der Waals surface area (Å²) in [6, 6.07) is 3.18. The van der Waals surface area contributed by atoms with E-state index in [9.17, 15) is 9.59 Å². The van der Waals surface area contributed by atoms with Crippen LogP contribution < -0.4 is 10.6 Å². The number of halogens is 2. The van der Waals surface area contributed by atoms with Crippen molar-refractivity contribution in [2.75, 3.05) is 5.32 Å². The van der Waals surface area contributed by atoms with Crippen LogP contribution in [0, 0.1) is 13.8 Å². The van der Waals surface area contributed by atoms with Crippen LogP contribution in [0.15, 0.2) is 16.6 Å². The van der Waals surface area contributed by atoms with Gasteiger partial charge in [-0.05, 0) is 44.0 Å². The van der Waals surface area contributed by atoms with E-state index in [1.807, 2.05) is 26.0 Å². The number of hydrogen-bond donors (Lipinski definition) is 2. The zero-order chi connectivity index (χ0) is 13.9. The lowest BCUT2D eigenvalue weighted by Gasteiger charge is -2.13. The van der Waals surface area contributed by atoms with Crippen LogP contribution >= 0.6 is 27.5 Å². The van der Waals surface area contributed by atoms with Gasteiger partial charge in [0.05, 0.1) is 0 Å². The van der Waals surface area contributed by atoms with Gasteiger partial charge >= 0.3 is 6.03 Å². The minimum atomic E-state index is -0.747. The molecule has 4 nitrogen and oxygen atoms in total. The van der Waals surface area contributed by atoms with E-state index in [-0.39, 0.29) is 0 Å². The number of hydrogen-bond acceptors (Lipinski definition) is 2. The van der Waals surface area contributed by atoms with Gasteiger partial charge in [0, 0.05) is 10.2 Å². The van der Waals surface area contributed by atoms with Crippen molar-refractivity contribution in [1.82, 2.24) is 5.32 Å². The van der Waals surface area contributed by atoms with E-state index in [1.165, 1.54) is 6.92 Å². The lowest BCUT2D eigenvalue weighted by Crippen LogP contribution is -2.38. The molecule has 0 aliphatic carbocycles. The van der Waals surface area contributed by atoms with Crippen LogP contribution in [0.5, 0.6) is 0 Å². The number of urea groups is 1. The number of benzene rings is 1. The summed E-state index contributed by atoms with van der Waals surface area (Å²) in [4.78, 5) is 22.9. The predicted molar refractivity (Wildman–Crippen MR) is 76.1 cm³/mol. The molecule has 0 heterocycles. The van der Waals surface area contributed by atoms with Gasteiger partial charge in [0.2, 0.25) is 5.91 Å². The molecule has 0 fully saturated rings. The fourth-order valence-corrected chi connectivity index (χ4v) is 2.21. The Balaban J connectivity index is 2.80. The van der Waals surface area contributed by atoms with Crippen LogP contribution in [0.4, 0.5) is 10.5 Å². The summed E-state index contributed by atoms with van der Waals surface area (Å²) in [6.07, 6.45) is 0. The largest absolute Gasteiger partial charge is 0.325 e. The van der Waals surface area contributed by atoms with Gasteiger partial charge < -0.3 is 5.32 Å². The molecule has 1 unspecified atom stereocenters. The Labute approximate surface area is 119 Å². The molecule has 0 saturated carbocycles. The molecule has 0 radical (unpaired) electrons. The topological polar surface area (TPSA) is 58.2 Å². The summed E-state index contributed by atoms with van der Waals surface area (Å²) in [5.74, 6) is -0.526. The van der Waals surface area contributed by atoms with Gasteiger partial charge in [-0.1, -0.05) is 15.9 Å². The van der Waals surface area contributed by atoms with E-state index < -0.39 is 17.3 Å². The highest BCUT2D eigenvalue weighted by atomic mass is 79.9. The molecule has 0 spiro atoms. The number of carbonyl (C=O) groups is 2. The quantitative estimate of drug-likeness (QED) is 0.816. The van der Waals surface area contributed by atoms with E-state index in [4.69, 9.17) is 11.6 Å². The van der Waals surface area contributed by atoms with Crippen molar-refractivity contribution in [2.24, 2.45) is 0 Å². The van der Waals surface area contributed by atoms with Gasteiger partial charge in [0.1, 0.15) is 5.38 Å². The molecule has 98 valence electrons. The fourth-order valence-electron chi connectivity index (χ4n) is 1.46. The Morgan fingerprint density at radius 3 is 2.22 bits per heavy atom. The molecule has 18 heavy (non-hydrogen) atoms. The minimum Gasteiger partial charge on any atom is -0.307 e. The molecule has 0 bridgehead atoms. The summed E-state index contributed by atoms with van der Waals surface area (Å²) in [7, 11) is 0. The molecular weight excluding hydrogens is 320 g/mol. The van der Waals surface area contributed by atoms with E-state index in [1.54, 1.807) is 0 Å². The van der Waals surface area contributed by atoms with Crippen molar-refractivity contribution < 1.29 is 9.59 Å². The van der Waals surface area contributed by atoms with Crippen molar-refractivity contribution in [3.8, 4) is 0 Å². The minimum absolute atomic E-state index is 0.526. The second-order valence-electron chi connectivity index (χ2n) is 3.97. The molecule has 0 aliphatic heterocycles. The number of aryl methyl sites for hydroxylation is 2. The van der Waals surface area contributed by atoms with Gasteiger partial charge in [-0.3, -0.25) is 10.1 Å². The lowest BCUT2D eigenvalue weighted by molar-refractivity contribution is -0.119. The van der Waals surface area contributed by atoms with E-state index in [0.717, 1.165) is 15.6 Å². The van der Waals surface area contributed by atoms with Crippen LogP contribution in [0.2, 0.25) is 0 Å². The molecule has 2 N–H and O–H groups in total. The van der Waals surface area contributed by atoms with E-state index in [2.05, 4.69) is 26.6 Å². The Morgan fingerprint density at radius 1 is 1.28 bits per heavy atom. The number of alkyl halides is 1. The zero-order valence-electron chi connectivity index (χ0n) is 10.3. The molecule has 1 atom stereocenters. The Morgan fingerprint density at radius 2 is 1.78 bits per heavy atom. The standard InChI is InChI=1S/C12H14BrClN2O2/c1-6-4-9(13)5-7(2)10(6)15-12(18)16-11(17)8(3)14/h4-5,8H,1-3H3,(H2,15,16,17,18). The first-order valence-electron chi connectivity index (χ1n) is 5.34. The van der Waals surface area contributed by atoms with Crippen LogP contribution in [0.3, 0.4) is 0 Å². The third-order valence-corrected chi connectivity index (χ3v) is 2.99. The Bertz CT molecular complexity index is 466. The maximum absolute atomic E-state index is 11.6. The maximum atomic E-state index is 11.6. The summed E-state index contributed by atoms with van der Waals surface area (Å²) in [6.45, 7) is 5.25. The molecule has 0 aliphatic rings. The number of anilines is 1. The average molecular weight is 334 g/mol. The summed E-state index contributed by atoms with van der Waals surface area (Å²) in [5.41, 5.74) is 2.50. The fraction of sp³-hybridized carbons (Fsp3) is 0.333. The molecule has 0 saturated heterocycles. The van der Waals surface area contributed by atoms with E-state index in [0.29, 0.717) is 5.69 Å². The van der Waals surface area contributed by atoms with Gasteiger partial charge in [-0.2, -0.15) is 0 Å². The highest BCUT2D eigenvalue weighted by Crippen LogP contribution is 2.24. The highest BCUT2D eigenvalue weighted by Gasteiger charge is 2.14. The smallest absolute Gasteiger partial charge is 0.307 e. The summed E-state index contributed by atoms with van der Waals surface area (Å²) < 4.78 is 0.939. The third kappa shape index (κ3) is 3.99. The average Bonchev–Trinajstić information content (AvgIpc) is 2.23. The van der Waals surface area contributed by atoms with Crippen molar-refractivity contribution >= 4 is 45.2 Å². The van der Waals surface area contributed by atoms with Gasteiger partial charge in [0.15, 0.2) is 0 Å². The molecule has 0 aromatic heterocycles. The van der Waals surface area contributed by atoms with Gasteiger partial charge in [-0.15, -0.1) is 11.6 Å². The first-order chi connectivity index (χ1) is 8.31. The van der Waals surface area contributed by atoms with Crippen molar-refractivity contribution in [2.45, 2.75) is 26.1 Å². The normalized spacial score (nSPS) is 11.8. The second kappa shape index (κ2) is 6.20. The number of rotatable bonds is 2. The Hall–Kier alpha value is -1.07. The zero-order valence-corrected chi connectivity index (χ0v) is 12.6. The van der Waals surface area contributed by atoms with Crippen molar-refractivity contribution in [3.63, 3.8) is 0 Å². The molecule has 1 aromatic rings. The number of carbonyl (C=O) groups excluding carboxylic acids is 2. The number of imide groups is 1. The maximum Gasteiger partial charge on any atom is 0.325 e. The monoisotopic (exact) mass is 332 g/mol. The van der Waals surface area contributed by atoms with Crippen LogP contribution in [-0.4, -0.2) is 17.3 Å². The van der Waals surface area contributed by atoms with Crippen LogP contribution in [0.25, 0.3) is 0 Å². The summed E-state index contributed by atoms with van der Waals surface area (Å²) in [5, 5.41) is 4.06. The van der Waals surface area contributed by atoms with Crippen LogP contribution in [-0.2, 0) is 4.79 Å². The van der Waals surface area contributed by atoms with Crippen molar-refractivity contribution in [3.05, 3.63) is 27.7 Å². The molecule has 1 rings (SSSR count). The molecular formula is C12H14BrClN2O2.